The Hall–Kier alpha value is -2.85. The second-order valence-electron chi connectivity index (χ2n) is 5.33. The molecule has 2 N–H and O–H groups in total. The number of esters is 1. The van der Waals surface area contributed by atoms with E-state index in [0.29, 0.717) is 9.84 Å². The fourth-order valence-corrected chi connectivity index (χ4v) is 3.65. The predicted octanol–water partition coefficient (Wildman–Crippen LogP) is 2.69. The number of rotatable bonds is 5. The van der Waals surface area contributed by atoms with Crippen molar-refractivity contribution in [3.05, 3.63) is 64.6 Å². The van der Waals surface area contributed by atoms with Gasteiger partial charge in [0.05, 0.1) is 17.6 Å². The van der Waals surface area contributed by atoms with Crippen molar-refractivity contribution in [1.29, 1.82) is 0 Å². The molecular formula is C17H14BrN3O5S. The van der Waals surface area contributed by atoms with Gasteiger partial charge in [-0.3, -0.25) is 0 Å². The van der Waals surface area contributed by atoms with Crippen molar-refractivity contribution in [2.24, 2.45) is 0 Å². The first-order chi connectivity index (χ1) is 12.8. The van der Waals surface area contributed by atoms with Crippen molar-refractivity contribution >= 4 is 37.7 Å². The van der Waals surface area contributed by atoms with Crippen LogP contribution in [-0.2, 0) is 10.0 Å². The molecule has 0 aliphatic carbocycles. The maximum atomic E-state index is 12.7. The third-order valence-corrected chi connectivity index (χ3v) is 5.69. The number of nitrogen functional groups attached to an aromatic ring is 1. The predicted molar refractivity (Wildman–Crippen MR) is 101 cm³/mol. The summed E-state index contributed by atoms with van der Waals surface area (Å²) in [5.74, 6) is -0.534. The van der Waals surface area contributed by atoms with Gasteiger partial charge >= 0.3 is 5.97 Å². The van der Waals surface area contributed by atoms with Gasteiger partial charge in [-0.05, 0) is 48.5 Å². The van der Waals surface area contributed by atoms with Gasteiger partial charge in [0, 0.05) is 10.5 Å². The lowest BCUT2D eigenvalue weighted by atomic mass is 10.2. The molecular weight excluding hydrogens is 438 g/mol. The number of hydrogen-bond acceptors (Lipinski definition) is 7. The zero-order chi connectivity index (χ0) is 19.6. The molecule has 10 heteroatoms. The van der Waals surface area contributed by atoms with Gasteiger partial charge in [-0.25, -0.2) is 4.79 Å². The van der Waals surface area contributed by atoms with Gasteiger partial charge in [-0.15, -0.1) is 9.19 Å². The number of anilines is 1. The largest absolute Gasteiger partial charge is 0.497 e. The number of carbonyl (C=O) groups is 1. The van der Waals surface area contributed by atoms with E-state index in [-0.39, 0.29) is 22.2 Å². The van der Waals surface area contributed by atoms with Crippen molar-refractivity contribution < 1.29 is 22.7 Å². The number of hydrogen-bond donors (Lipinski definition) is 1. The third-order valence-electron chi connectivity index (χ3n) is 3.54. The van der Waals surface area contributed by atoms with Crippen LogP contribution in [0, 0.1) is 0 Å². The molecule has 140 valence electrons. The zero-order valence-corrected chi connectivity index (χ0v) is 16.4. The van der Waals surface area contributed by atoms with E-state index in [1.165, 1.54) is 31.4 Å². The maximum absolute atomic E-state index is 12.7. The number of benzene rings is 2. The first-order valence-corrected chi connectivity index (χ1v) is 9.77. The van der Waals surface area contributed by atoms with E-state index in [1.807, 2.05) is 0 Å². The van der Waals surface area contributed by atoms with Crippen molar-refractivity contribution in [3.63, 3.8) is 0 Å². The van der Waals surface area contributed by atoms with Gasteiger partial charge in [-0.1, -0.05) is 15.9 Å². The summed E-state index contributed by atoms with van der Waals surface area (Å²) in [6.45, 7) is 0. The minimum Gasteiger partial charge on any atom is -0.497 e. The molecule has 0 bridgehead atoms. The molecule has 3 rings (SSSR count). The van der Waals surface area contributed by atoms with Crippen LogP contribution in [0.15, 0.2) is 64.0 Å². The standard InChI is InChI=1S/C17H14BrN3O5S/c1-25-13-6-2-11(3-7-13)17(22)26-16-10-15(19)21(20-16)27(23,24)14-8-4-12(18)5-9-14/h2-10H,19H2,1H3. The number of methoxy groups -OCH3 is 1. The van der Waals surface area contributed by atoms with E-state index in [1.54, 1.807) is 24.3 Å². The fourth-order valence-electron chi connectivity index (χ4n) is 2.19. The summed E-state index contributed by atoms with van der Waals surface area (Å²) in [4.78, 5) is 12.2. The molecule has 27 heavy (non-hydrogen) atoms. The van der Waals surface area contributed by atoms with Crippen LogP contribution >= 0.6 is 15.9 Å². The Bertz CT molecular complexity index is 1080. The number of nitrogens with two attached hydrogens (primary N) is 1. The Morgan fingerprint density at radius 2 is 1.74 bits per heavy atom. The van der Waals surface area contributed by atoms with Crippen molar-refractivity contribution in [1.82, 2.24) is 9.19 Å². The summed E-state index contributed by atoms with van der Waals surface area (Å²) in [5, 5.41) is 3.80. The van der Waals surface area contributed by atoms with E-state index in [0.717, 1.165) is 10.5 Å². The highest BCUT2D eigenvalue weighted by Crippen LogP contribution is 2.23. The SMILES string of the molecule is COc1ccc(C(=O)Oc2cc(N)n(S(=O)(=O)c3ccc(Br)cc3)n2)cc1. The Morgan fingerprint density at radius 3 is 2.33 bits per heavy atom. The van der Waals surface area contributed by atoms with Crippen LogP contribution < -0.4 is 15.2 Å². The molecule has 0 spiro atoms. The summed E-state index contributed by atoms with van der Waals surface area (Å²) in [6, 6.07) is 13.4. The smallest absolute Gasteiger partial charge is 0.344 e. The second kappa shape index (κ2) is 7.41. The number of carbonyl (C=O) groups excluding carboxylic acids is 1. The van der Waals surface area contributed by atoms with E-state index in [2.05, 4.69) is 21.0 Å². The van der Waals surface area contributed by atoms with Gasteiger partial charge < -0.3 is 15.2 Å². The molecule has 0 aliphatic rings. The summed E-state index contributed by atoms with van der Waals surface area (Å²) in [6.07, 6.45) is 0. The number of aromatic nitrogens is 2. The van der Waals surface area contributed by atoms with E-state index < -0.39 is 16.0 Å². The maximum Gasteiger partial charge on any atom is 0.344 e. The number of ether oxygens (including phenoxy) is 2. The molecule has 0 saturated carbocycles. The average molecular weight is 452 g/mol. The molecule has 0 fully saturated rings. The molecule has 1 aromatic heterocycles. The minimum atomic E-state index is -4.02. The summed E-state index contributed by atoms with van der Waals surface area (Å²) in [5.41, 5.74) is 6.00. The van der Waals surface area contributed by atoms with E-state index in [4.69, 9.17) is 15.2 Å². The summed E-state index contributed by atoms with van der Waals surface area (Å²) >= 11 is 3.24. The van der Waals surface area contributed by atoms with Crippen LogP contribution in [0.2, 0.25) is 0 Å². The van der Waals surface area contributed by atoms with Gasteiger partial charge in [0.15, 0.2) is 0 Å². The molecule has 0 aliphatic heterocycles. The van der Waals surface area contributed by atoms with Crippen molar-refractivity contribution in [2.45, 2.75) is 4.90 Å². The van der Waals surface area contributed by atoms with Gasteiger partial charge in [-0.2, -0.15) is 8.42 Å². The first kappa shape index (κ1) is 18.9. The molecule has 0 saturated heterocycles. The lowest BCUT2D eigenvalue weighted by Crippen LogP contribution is -2.17. The first-order valence-electron chi connectivity index (χ1n) is 7.54. The van der Waals surface area contributed by atoms with E-state index in [9.17, 15) is 13.2 Å². The highest BCUT2D eigenvalue weighted by Gasteiger charge is 2.23. The van der Waals surface area contributed by atoms with Gasteiger partial charge in [0.1, 0.15) is 11.6 Å². The van der Waals surface area contributed by atoms with Crippen LogP contribution in [0.4, 0.5) is 5.82 Å². The molecule has 0 unspecified atom stereocenters. The molecule has 1 heterocycles. The van der Waals surface area contributed by atoms with E-state index >= 15 is 0 Å². The molecule has 0 radical (unpaired) electrons. The number of halogens is 1. The Kier molecular flexibility index (Phi) is 5.19. The molecule has 0 amide bonds. The average Bonchev–Trinajstić information content (AvgIpc) is 3.03. The fraction of sp³-hybridized carbons (Fsp3) is 0.0588. The topological polar surface area (TPSA) is 114 Å². The molecule has 0 atom stereocenters. The molecule has 8 nitrogen and oxygen atoms in total. The van der Waals surface area contributed by atoms with Crippen LogP contribution in [0.25, 0.3) is 0 Å². The normalized spacial score (nSPS) is 11.2. The Morgan fingerprint density at radius 1 is 1.11 bits per heavy atom. The van der Waals surface area contributed by atoms with Crippen molar-refractivity contribution in [2.75, 3.05) is 12.8 Å². The quantitative estimate of drug-likeness (QED) is 0.592. The Labute approximate surface area is 163 Å². The monoisotopic (exact) mass is 451 g/mol. The minimum absolute atomic E-state index is 0.00599. The van der Waals surface area contributed by atoms with Crippen molar-refractivity contribution in [3.8, 4) is 11.6 Å². The lowest BCUT2D eigenvalue weighted by molar-refractivity contribution is 0.0727. The third kappa shape index (κ3) is 3.96. The molecule has 3 aromatic rings. The van der Waals surface area contributed by atoms with Crippen LogP contribution in [0.1, 0.15) is 10.4 Å². The van der Waals surface area contributed by atoms with Crippen LogP contribution in [0.3, 0.4) is 0 Å². The zero-order valence-electron chi connectivity index (χ0n) is 14.0. The number of nitrogens with zero attached hydrogens (tertiary/aromatic N) is 2. The summed E-state index contributed by atoms with van der Waals surface area (Å²) < 4.78 is 36.8. The second-order valence-corrected chi connectivity index (χ2v) is 8.01. The van der Waals surface area contributed by atoms with Gasteiger partial charge in [0.2, 0.25) is 5.88 Å². The molecule has 2 aromatic carbocycles. The van der Waals surface area contributed by atoms with Crippen LogP contribution in [0.5, 0.6) is 11.6 Å². The van der Waals surface area contributed by atoms with Crippen LogP contribution in [-0.4, -0.2) is 30.7 Å². The Balaban J connectivity index is 1.85. The summed E-state index contributed by atoms with van der Waals surface area (Å²) in [7, 11) is -2.51. The highest BCUT2D eigenvalue weighted by atomic mass is 79.9. The lowest BCUT2D eigenvalue weighted by Gasteiger charge is -2.06. The van der Waals surface area contributed by atoms with Gasteiger partial charge in [0.25, 0.3) is 10.0 Å². The highest BCUT2D eigenvalue weighted by molar-refractivity contribution is 9.10.